The number of aryl methyl sites for hydroxylation is 1. The van der Waals surface area contributed by atoms with Crippen LogP contribution >= 0.6 is 0 Å². The number of carbonyl (C=O) groups is 1. The minimum Gasteiger partial charge on any atom is -0.454 e. The maximum atomic E-state index is 13.0. The molecule has 0 amide bonds. The normalized spacial score (nSPS) is 11.4. The zero-order valence-electron chi connectivity index (χ0n) is 17.4. The lowest BCUT2D eigenvalue weighted by Gasteiger charge is -2.19. The summed E-state index contributed by atoms with van der Waals surface area (Å²) in [4.78, 5) is 28.6. The molecule has 33 heavy (non-hydrogen) atoms. The summed E-state index contributed by atoms with van der Waals surface area (Å²) in [6.07, 6.45) is -5.10. The smallest absolute Gasteiger partial charge is 0.454 e. The van der Waals surface area contributed by atoms with Gasteiger partial charge in [-0.25, -0.2) is 9.78 Å². The third-order valence-electron chi connectivity index (χ3n) is 4.93. The highest BCUT2D eigenvalue weighted by Gasteiger charge is 2.41. The Morgan fingerprint density at radius 2 is 1.67 bits per heavy atom. The topological polar surface area (TPSA) is 73.2 Å². The van der Waals surface area contributed by atoms with Crippen LogP contribution in [0.2, 0.25) is 0 Å². The first-order valence-electron chi connectivity index (χ1n) is 9.92. The number of aromatic nitrogens is 2. The number of pyridine rings is 2. The van der Waals surface area contributed by atoms with E-state index in [0.29, 0.717) is 17.2 Å². The van der Waals surface area contributed by atoms with Crippen molar-refractivity contribution in [3.63, 3.8) is 0 Å². The zero-order valence-corrected chi connectivity index (χ0v) is 17.4. The van der Waals surface area contributed by atoms with E-state index in [0.717, 1.165) is 11.4 Å². The largest absolute Gasteiger partial charge is 0.490 e. The Morgan fingerprint density at radius 1 is 1.03 bits per heavy atom. The third kappa shape index (κ3) is 4.72. The molecule has 2 heterocycles. The van der Waals surface area contributed by atoms with E-state index in [4.69, 9.17) is 0 Å². The minimum atomic E-state index is -5.10. The molecule has 0 bridgehead atoms. The van der Waals surface area contributed by atoms with Crippen molar-refractivity contribution in [2.24, 2.45) is 0 Å². The lowest BCUT2D eigenvalue weighted by molar-refractivity contribution is -0.201. The van der Waals surface area contributed by atoms with Gasteiger partial charge in [0.15, 0.2) is 5.43 Å². The van der Waals surface area contributed by atoms with Gasteiger partial charge in [0, 0.05) is 28.7 Å². The highest BCUT2D eigenvalue weighted by molar-refractivity contribution is 5.82. The lowest BCUT2D eigenvalue weighted by Crippen LogP contribution is -2.25. The molecule has 0 saturated carbocycles. The molecule has 4 aromatic rings. The van der Waals surface area contributed by atoms with Crippen LogP contribution in [0.4, 0.5) is 24.7 Å². The van der Waals surface area contributed by atoms with Crippen molar-refractivity contribution < 1.29 is 22.7 Å². The highest BCUT2D eigenvalue weighted by Crippen LogP contribution is 2.26. The van der Waals surface area contributed by atoms with Gasteiger partial charge in [0.1, 0.15) is 18.1 Å². The summed E-state index contributed by atoms with van der Waals surface area (Å²) in [5, 5.41) is 3.40. The fourth-order valence-electron chi connectivity index (χ4n) is 3.34. The van der Waals surface area contributed by atoms with Gasteiger partial charge in [-0.05, 0) is 37.3 Å². The first-order valence-corrected chi connectivity index (χ1v) is 9.92. The van der Waals surface area contributed by atoms with Gasteiger partial charge in [-0.3, -0.25) is 9.36 Å². The van der Waals surface area contributed by atoms with Crippen molar-refractivity contribution >= 4 is 28.5 Å². The summed E-state index contributed by atoms with van der Waals surface area (Å²) in [7, 11) is 0. The first kappa shape index (κ1) is 22.1. The van der Waals surface area contributed by atoms with Crippen molar-refractivity contribution in [3.05, 3.63) is 94.3 Å². The molecule has 0 spiro atoms. The maximum absolute atomic E-state index is 13.0. The molecule has 2 aromatic carbocycles. The summed E-state index contributed by atoms with van der Waals surface area (Å²) >= 11 is 0. The van der Waals surface area contributed by atoms with E-state index < -0.39 is 18.8 Å². The Morgan fingerprint density at radius 3 is 2.30 bits per heavy atom. The molecule has 0 unspecified atom stereocenters. The Hall–Kier alpha value is -4.14. The van der Waals surface area contributed by atoms with Crippen molar-refractivity contribution in [2.75, 3.05) is 5.32 Å². The number of hydrogen-bond acceptors (Lipinski definition) is 5. The molecule has 1 N–H and O–H groups in total. The second-order valence-electron chi connectivity index (χ2n) is 7.23. The summed E-state index contributed by atoms with van der Waals surface area (Å²) in [5.74, 6) is -1.83. The van der Waals surface area contributed by atoms with Crippen molar-refractivity contribution in [2.45, 2.75) is 19.7 Å². The number of nitrogens with one attached hydrogen (secondary N) is 1. The molecule has 0 atom stereocenters. The van der Waals surface area contributed by atoms with E-state index in [2.05, 4.69) is 15.0 Å². The fraction of sp³-hybridized carbons (Fsp3) is 0.125. The number of anilines is 2. The molecule has 0 radical (unpaired) electrons. The number of rotatable bonds is 5. The van der Waals surface area contributed by atoms with Gasteiger partial charge in [0.2, 0.25) is 0 Å². The number of hydrogen-bond donors (Lipinski definition) is 1. The molecule has 0 aliphatic heterocycles. The second kappa shape index (κ2) is 8.78. The second-order valence-corrected chi connectivity index (χ2v) is 7.23. The number of alkyl halides is 3. The molecule has 6 nitrogen and oxygen atoms in total. The van der Waals surface area contributed by atoms with Crippen molar-refractivity contribution in [3.8, 4) is 5.69 Å². The lowest BCUT2D eigenvalue weighted by atomic mass is 10.1. The van der Waals surface area contributed by atoms with E-state index in [1.807, 2.05) is 60.7 Å². The van der Waals surface area contributed by atoms with Crippen LogP contribution in [-0.2, 0) is 16.1 Å². The number of halogens is 3. The third-order valence-corrected chi connectivity index (χ3v) is 4.93. The molecular weight excluding hydrogens is 435 g/mol. The molecule has 0 aliphatic rings. The van der Waals surface area contributed by atoms with Crippen molar-refractivity contribution in [1.82, 2.24) is 9.55 Å². The standard InChI is InChI=1S/C24H18F3N3O3/c1-15-16(14-33-23(32)24(25,26)27)12-19-20(31)13-21(29-17-8-4-2-5-9-17)30(22(19)28-15)18-10-6-3-7-11-18/h2-13,29H,14H2,1H3. The number of ether oxygens (including phenoxy) is 1. The average molecular weight is 453 g/mol. The van der Waals surface area contributed by atoms with Crippen LogP contribution < -0.4 is 10.7 Å². The molecule has 4 rings (SSSR count). The predicted molar refractivity (Wildman–Crippen MR) is 118 cm³/mol. The Bertz CT molecular complexity index is 1370. The Labute approximate surface area is 186 Å². The minimum absolute atomic E-state index is 0.182. The molecule has 0 saturated heterocycles. The molecule has 9 heteroatoms. The number of carbonyl (C=O) groups excluding carboxylic acids is 1. The quantitative estimate of drug-likeness (QED) is 0.429. The summed E-state index contributed by atoms with van der Waals surface area (Å²) in [6, 6.07) is 21.3. The van der Waals surface area contributed by atoms with Crippen LogP contribution in [0.1, 0.15) is 11.3 Å². The SMILES string of the molecule is Cc1nc2c(cc1COC(=O)C(F)(F)F)c(=O)cc(Nc1ccccc1)n2-c1ccccc1. The van der Waals surface area contributed by atoms with Gasteiger partial charge >= 0.3 is 12.1 Å². The number of benzene rings is 2. The average Bonchev–Trinajstić information content (AvgIpc) is 2.78. The summed E-state index contributed by atoms with van der Waals surface area (Å²) in [6.45, 7) is 0.926. The number of para-hydroxylation sites is 2. The summed E-state index contributed by atoms with van der Waals surface area (Å²) < 4.78 is 43.6. The van der Waals surface area contributed by atoms with Gasteiger partial charge in [-0.15, -0.1) is 0 Å². The fourth-order valence-corrected chi connectivity index (χ4v) is 3.34. The number of nitrogens with zero attached hydrogens (tertiary/aromatic N) is 2. The van der Waals surface area contributed by atoms with Crippen LogP contribution in [0.5, 0.6) is 0 Å². The number of esters is 1. The number of fused-ring (bicyclic) bond motifs is 1. The van der Waals surface area contributed by atoms with E-state index in [-0.39, 0.29) is 16.4 Å². The van der Waals surface area contributed by atoms with Crippen LogP contribution in [-0.4, -0.2) is 21.7 Å². The Kier molecular flexibility index (Phi) is 5.87. The van der Waals surface area contributed by atoms with Gasteiger partial charge in [0.25, 0.3) is 0 Å². The van der Waals surface area contributed by atoms with Gasteiger partial charge in [0.05, 0.1) is 5.39 Å². The monoisotopic (exact) mass is 453 g/mol. The maximum Gasteiger partial charge on any atom is 0.490 e. The van der Waals surface area contributed by atoms with E-state index in [9.17, 15) is 22.8 Å². The predicted octanol–water partition coefficient (Wildman–Crippen LogP) is 5.04. The van der Waals surface area contributed by atoms with Crippen molar-refractivity contribution in [1.29, 1.82) is 0 Å². The molecule has 0 aliphatic carbocycles. The first-order chi connectivity index (χ1) is 15.7. The van der Waals surface area contributed by atoms with Gasteiger partial charge in [-0.2, -0.15) is 13.2 Å². The van der Waals surface area contributed by atoms with E-state index in [1.54, 1.807) is 11.5 Å². The molecular formula is C24H18F3N3O3. The van der Waals surface area contributed by atoms with Crippen LogP contribution in [0, 0.1) is 6.92 Å². The molecule has 0 fully saturated rings. The van der Waals surface area contributed by atoms with Gasteiger partial charge < -0.3 is 10.1 Å². The Balaban J connectivity index is 1.85. The van der Waals surface area contributed by atoms with Crippen LogP contribution in [0.3, 0.4) is 0 Å². The molecule has 168 valence electrons. The zero-order chi connectivity index (χ0) is 23.6. The van der Waals surface area contributed by atoms with E-state index >= 15 is 0 Å². The summed E-state index contributed by atoms with van der Waals surface area (Å²) in [5.41, 5.74) is 1.96. The van der Waals surface area contributed by atoms with Crippen LogP contribution in [0.15, 0.2) is 77.6 Å². The molecule has 2 aromatic heterocycles. The van der Waals surface area contributed by atoms with Crippen LogP contribution in [0.25, 0.3) is 16.7 Å². The van der Waals surface area contributed by atoms with Gasteiger partial charge in [-0.1, -0.05) is 36.4 Å². The highest BCUT2D eigenvalue weighted by atomic mass is 19.4. The van der Waals surface area contributed by atoms with E-state index in [1.165, 1.54) is 12.1 Å².